The number of aromatic nitrogens is 2. The van der Waals surface area contributed by atoms with Gasteiger partial charge in [-0.3, -0.25) is 4.79 Å². The van der Waals surface area contributed by atoms with Gasteiger partial charge in [0.1, 0.15) is 27.3 Å². The van der Waals surface area contributed by atoms with Gasteiger partial charge in [-0.15, -0.1) is 11.3 Å². The fourth-order valence-electron chi connectivity index (χ4n) is 3.30. The van der Waals surface area contributed by atoms with Crippen molar-refractivity contribution in [2.45, 2.75) is 19.8 Å². The van der Waals surface area contributed by atoms with Gasteiger partial charge in [-0.05, 0) is 42.4 Å². The number of amides is 1. The van der Waals surface area contributed by atoms with Crippen molar-refractivity contribution in [3.8, 4) is 10.6 Å². The van der Waals surface area contributed by atoms with Crippen LogP contribution in [0, 0.1) is 17.6 Å². The van der Waals surface area contributed by atoms with E-state index in [9.17, 15) is 13.6 Å². The molecule has 5 nitrogen and oxygen atoms in total. The number of carbonyl (C=O) groups is 1. The van der Waals surface area contributed by atoms with Crippen LogP contribution in [0.2, 0.25) is 0 Å². The molecule has 1 N–H and O–H groups in total. The Morgan fingerprint density at radius 3 is 2.86 bits per heavy atom. The van der Waals surface area contributed by atoms with Gasteiger partial charge in [0, 0.05) is 18.5 Å². The van der Waals surface area contributed by atoms with Gasteiger partial charge in [0.2, 0.25) is 0 Å². The molecule has 28 heavy (non-hydrogen) atoms. The number of carbonyl (C=O) groups excluding carboxylic acids is 1. The summed E-state index contributed by atoms with van der Waals surface area (Å²) in [6.45, 7) is 4.07. The van der Waals surface area contributed by atoms with Gasteiger partial charge in [-0.1, -0.05) is 13.0 Å². The molecule has 1 unspecified atom stereocenters. The first kappa shape index (κ1) is 18.9. The monoisotopic (exact) mass is 420 g/mol. The Hall–Kier alpha value is -2.39. The minimum absolute atomic E-state index is 0.117. The third kappa shape index (κ3) is 3.77. The lowest BCUT2D eigenvalue weighted by Crippen LogP contribution is -2.34. The molecule has 0 bridgehead atoms. The summed E-state index contributed by atoms with van der Waals surface area (Å²) in [5.74, 6) is -1.24. The van der Waals surface area contributed by atoms with Gasteiger partial charge in [0.05, 0.1) is 17.4 Å². The molecule has 0 radical (unpaired) electrons. The fraction of sp³-hybridized carbons (Fsp3) is 0.316. The van der Waals surface area contributed by atoms with Crippen LogP contribution in [-0.2, 0) is 0 Å². The smallest absolute Gasteiger partial charge is 0.275 e. The molecule has 0 spiro atoms. The maximum absolute atomic E-state index is 14.0. The first-order valence-electron chi connectivity index (χ1n) is 8.94. The second-order valence-electron chi connectivity index (χ2n) is 6.83. The van der Waals surface area contributed by atoms with Gasteiger partial charge in [0.15, 0.2) is 0 Å². The molecule has 3 heterocycles. The molecule has 1 aliphatic rings. The Bertz CT molecular complexity index is 983. The standard InChI is InChI=1S/C19H18F2N4OS2/c1-11-4-3-7-25(9-11)19-14(8-22-28-19)23-17(26)15-10-27-18(24-15)16-12(20)5-2-6-13(16)21/h2,5-6,8,10-11H,3-4,7,9H2,1H3,(H,23,26). The van der Waals surface area contributed by atoms with E-state index in [2.05, 4.69) is 26.5 Å². The predicted molar refractivity (Wildman–Crippen MR) is 108 cm³/mol. The van der Waals surface area contributed by atoms with Crippen molar-refractivity contribution in [2.24, 2.45) is 5.92 Å². The molecule has 1 saturated heterocycles. The van der Waals surface area contributed by atoms with E-state index in [1.165, 1.54) is 41.5 Å². The lowest BCUT2D eigenvalue weighted by Gasteiger charge is -2.31. The average molecular weight is 421 g/mol. The highest BCUT2D eigenvalue weighted by Crippen LogP contribution is 2.34. The molecule has 146 valence electrons. The molecule has 2 aromatic heterocycles. The third-order valence-electron chi connectivity index (χ3n) is 4.66. The van der Waals surface area contributed by atoms with Crippen molar-refractivity contribution in [3.63, 3.8) is 0 Å². The molecule has 1 aromatic carbocycles. The van der Waals surface area contributed by atoms with Crippen LogP contribution in [0.25, 0.3) is 10.6 Å². The summed E-state index contributed by atoms with van der Waals surface area (Å²) in [5, 5.41) is 5.40. The van der Waals surface area contributed by atoms with Gasteiger partial charge in [-0.25, -0.2) is 13.8 Å². The Morgan fingerprint density at radius 2 is 2.11 bits per heavy atom. The Labute approximate surface area is 169 Å². The molecule has 4 rings (SSSR count). The Morgan fingerprint density at radius 1 is 1.32 bits per heavy atom. The molecule has 1 atom stereocenters. The number of anilines is 2. The van der Waals surface area contributed by atoms with E-state index in [0.717, 1.165) is 35.8 Å². The molecule has 1 aliphatic heterocycles. The first-order valence-corrected chi connectivity index (χ1v) is 10.6. The van der Waals surface area contributed by atoms with Gasteiger partial charge >= 0.3 is 0 Å². The molecular weight excluding hydrogens is 402 g/mol. The highest BCUT2D eigenvalue weighted by atomic mass is 32.1. The second kappa shape index (κ2) is 7.92. The summed E-state index contributed by atoms with van der Waals surface area (Å²) in [6.07, 6.45) is 3.93. The second-order valence-corrected chi connectivity index (χ2v) is 8.46. The number of thiazole rings is 1. The van der Waals surface area contributed by atoms with Crippen molar-refractivity contribution < 1.29 is 13.6 Å². The largest absolute Gasteiger partial charge is 0.360 e. The minimum Gasteiger partial charge on any atom is -0.360 e. The van der Waals surface area contributed by atoms with Crippen molar-refractivity contribution in [1.82, 2.24) is 9.36 Å². The van der Waals surface area contributed by atoms with Crippen molar-refractivity contribution in [2.75, 3.05) is 23.3 Å². The summed E-state index contributed by atoms with van der Waals surface area (Å²) in [5.41, 5.74) is 0.536. The maximum Gasteiger partial charge on any atom is 0.275 e. The SMILES string of the molecule is CC1CCCN(c2sncc2NC(=O)c2csc(-c3c(F)cccc3F)n2)C1. The van der Waals surface area contributed by atoms with E-state index in [-0.39, 0.29) is 16.3 Å². The quantitative estimate of drug-likeness (QED) is 0.643. The number of nitrogens with one attached hydrogen (secondary N) is 1. The normalized spacial score (nSPS) is 17.0. The van der Waals surface area contributed by atoms with Crippen LogP contribution in [0.1, 0.15) is 30.3 Å². The zero-order chi connectivity index (χ0) is 19.7. The van der Waals surface area contributed by atoms with Crippen molar-refractivity contribution >= 4 is 39.5 Å². The van der Waals surface area contributed by atoms with Crippen LogP contribution in [0.3, 0.4) is 0 Å². The number of hydrogen-bond acceptors (Lipinski definition) is 6. The number of hydrogen-bond donors (Lipinski definition) is 1. The number of rotatable bonds is 4. The van der Waals surface area contributed by atoms with E-state index in [1.807, 2.05) is 0 Å². The van der Waals surface area contributed by atoms with Crippen LogP contribution >= 0.6 is 22.9 Å². The Kier molecular flexibility index (Phi) is 5.36. The number of nitrogens with zero attached hydrogens (tertiary/aromatic N) is 3. The van der Waals surface area contributed by atoms with Crippen LogP contribution in [-0.4, -0.2) is 28.4 Å². The summed E-state index contributed by atoms with van der Waals surface area (Å²) in [7, 11) is 0. The number of benzene rings is 1. The van der Waals surface area contributed by atoms with Crippen LogP contribution in [0.15, 0.2) is 29.8 Å². The number of piperidine rings is 1. The van der Waals surface area contributed by atoms with Crippen LogP contribution < -0.4 is 10.2 Å². The average Bonchev–Trinajstić information content (AvgIpc) is 3.31. The molecule has 9 heteroatoms. The lowest BCUT2D eigenvalue weighted by atomic mass is 10.0. The summed E-state index contributed by atoms with van der Waals surface area (Å²) < 4.78 is 32.1. The maximum atomic E-state index is 14.0. The minimum atomic E-state index is -0.704. The highest BCUT2D eigenvalue weighted by Gasteiger charge is 2.23. The summed E-state index contributed by atoms with van der Waals surface area (Å²) in [6, 6.07) is 3.63. The van der Waals surface area contributed by atoms with E-state index in [4.69, 9.17) is 0 Å². The number of halogens is 2. The van der Waals surface area contributed by atoms with Crippen LogP contribution in [0.5, 0.6) is 0 Å². The van der Waals surface area contributed by atoms with E-state index >= 15 is 0 Å². The van der Waals surface area contributed by atoms with Gasteiger partial charge in [-0.2, -0.15) is 4.37 Å². The molecular formula is C19H18F2N4OS2. The Balaban J connectivity index is 1.53. The van der Waals surface area contributed by atoms with E-state index in [1.54, 1.807) is 6.20 Å². The zero-order valence-corrected chi connectivity index (χ0v) is 16.7. The third-order valence-corrected chi connectivity index (χ3v) is 6.38. The first-order chi connectivity index (χ1) is 13.5. The fourth-order valence-corrected chi connectivity index (χ4v) is 4.89. The van der Waals surface area contributed by atoms with Crippen molar-refractivity contribution in [3.05, 3.63) is 47.1 Å². The molecule has 1 fully saturated rings. The summed E-state index contributed by atoms with van der Waals surface area (Å²) in [4.78, 5) is 19.0. The molecule has 3 aromatic rings. The van der Waals surface area contributed by atoms with Gasteiger partial charge < -0.3 is 10.2 Å². The van der Waals surface area contributed by atoms with E-state index in [0.29, 0.717) is 11.6 Å². The summed E-state index contributed by atoms with van der Waals surface area (Å²) >= 11 is 2.37. The zero-order valence-electron chi connectivity index (χ0n) is 15.1. The molecule has 0 aliphatic carbocycles. The van der Waals surface area contributed by atoms with E-state index < -0.39 is 17.5 Å². The van der Waals surface area contributed by atoms with Crippen LogP contribution in [0.4, 0.5) is 19.5 Å². The topological polar surface area (TPSA) is 58.1 Å². The molecule has 0 saturated carbocycles. The molecule has 1 amide bonds. The predicted octanol–water partition coefficient (Wildman–Crippen LogP) is 5.03. The highest BCUT2D eigenvalue weighted by molar-refractivity contribution is 7.13. The van der Waals surface area contributed by atoms with Crippen molar-refractivity contribution in [1.29, 1.82) is 0 Å². The van der Waals surface area contributed by atoms with Gasteiger partial charge in [0.25, 0.3) is 5.91 Å². The lowest BCUT2D eigenvalue weighted by molar-refractivity contribution is 0.102.